The van der Waals surface area contributed by atoms with E-state index in [9.17, 15) is 0 Å². The summed E-state index contributed by atoms with van der Waals surface area (Å²) in [6, 6.07) is 0. The van der Waals surface area contributed by atoms with E-state index in [1.54, 1.807) is 0 Å². The first kappa shape index (κ1) is 7.94. The van der Waals surface area contributed by atoms with Gasteiger partial charge in [-0.05, 0) is 0 Å². The third-order valence-corrected chi connectivity index (χ3v) is 1.82. The van der Waals surface area contributed by atoms with Crippen LogP contribution >= 0.6 is 0 Å². The minimum atomic E-state index is -1.09. The van der Waals surface area contributed by atoms with Crippen molar-refractivity contribution in [1.82, 2.24) is 0 Å². The number of rotatable bonds is 0. The third-order valence-electron chi connectivity index (χ3n) is 1.82. The molecule has 0 unspecified atom stereocenters. The van der Waals surface area contributed by atoms with Gasteiger partial charge in [-0.15, -0.1) is 0 Å². The molecule has 10 heavy (non-hydrogen) atoms. The van der Waals surface area contributed by atoms with Crippen molar-refractivity contribution in [2.75, 3.05) is 0 Å². The predicted octanol–water partition coefficient (Wildman–Crippen LogP) is -1.78. The lowest BCUT2D eigenvalue weighted by Gasteiger charge is -2.31. The van der Waals surface area contributed by atoms with Crippen molar-refractivity contribution in [1.29, 1.82) is 0 Å². The van der Waals surface area contributed by atoms with E-state index in [2.05, 4.69) is 0 Å². The zero-order valence-electron chi connectivity index (χ0n) is 5.51. The van der Waals surface area contributed by atoms with Gasteiger partial charge < -0.3 is 20.4 Å². The van der Waals surface area contributed by atoms with Crippen LogP contribution in [0.1, 0.15) is 12.8 Å². The van der Waals surface area contributed by atoms with Crippen molar-refractivity contribution >= 4 is 0 Å². The van der Waals surface area contributed by atoms with Gasteiger partial charge in [0.2, 0.25) is 0 Å². The first-order valence-corrected chi connectivity index (χ1v) is 3.33. The minimum absolute atomic E-state index is 0.151. The van der Waals surface area contributed by atoms with Gasteiger partial charge in [0.05, 0.1) is 18.3 Å². The lowest BCUT2D eigenvalue weighted by Crippen LogP contribution is -2.46. The standard InChI is InChI=1S/C6H12O4/c7-3-1-4(8)6(10)5(9)2-3/h3-10H,1-2H2/t3-,4+,5-,6-. The van der Waals surface area contributed by atoms with Crippen LogP contribution in [0.2, 0.25) is 0 Å². The molecule has 4 N–H and O–H groups in total. The van der Waals surface area contributed by atoms with E-state index in [0.29, 0.717) is 0 Å². The second-order valence-electron chi connectivity index (χ2n) is 2.75. The average Bonchev–Trinajstić information content (AvgIpc) is 1.82. The van der Waals surface area contributed by atoms with Crippen LogP contribution in [0.15, 0.2) is 0 Å². The molecule has 4 atom stereocenters. The Morgan fingerprint density at radius 3 is 1.60 bits per heavy atom. The summed E-state index contributed by atoms with van der Waals surface area (Å²) in [5.41, 5.74) is 0. The predicted molar refractivity (Wildman–Crippen MR) is 33.3 cm³/mol. The Kier molecular flexibility index (Phi) is 2.25. The van der Waals surface area contributed by atoms with E-state index in [0.717, 1.165) is 0 Å². The van der Waals surface area contributed by atoms with E-state index in [-0.39, 0.29) is 12.8 Å². The van der Waals surface area contributed by atoms with Crippen molar-refractivity contribution in [2.45, 2.75) is 37.3 Å². The lowest BCUT2D eigenvalue weighted by atomic mass is 9.90. The molecule has 0 aromatic heterocycles. The minimum Gasteiger partial charge on any atom is -0.393 e. The van der Waals surface area contributed by atoms with Gasteiger partial charge in [-0.25, -0.2) is 0 Å². The molecule has 0 spiro atoms. The Morgan fingerprint density at radius 2 is 1.20 bits per heavy atom. The van der Waals surface area contributed by atoms with Crippen LogP contribution in [0.3, 0.4) is 0 Å². The molecule has 0 heterocycles. The molecule has 0 aromatic carbocycles. The fourth-order valence-electron chi connectivity index (χ4n) is 1.19. The summed E-state index contributed by atoms with van der Waals surface area (Å²) >= 11 is 0. The van der Waals surface area contributed by atoms with E-state index < -0.39 is 24.4 Å². The van der Waals surface area contributed by atoms with Crippen molar-refractivity contribution in [3.8, 4) is 0 Å². The summed E-state index contributed by atoms with van der Waals surface area (Å²) < 4.78 is 0. The lowest BCUT2D eigenvalue weighted by molar-refractivity contribution is -0.116. The van der Waals surface area contributed by atoms with Crippen LogP contribution in [0, 0.1) is 0 Å². The first-order chi connectivity index (χ1) is 4.61. The van der Waals surface area contributed by atoms with Gasteiger partial charge in [0.25, 0.3) is 0 Å². The number of aliphatic hydroxyl groups excluding tert-OH is 4. The van der Waals surface area contributed by atoms with Crippen LogP contribution in [-0.4, -0.2) is 44.8 Å². The summed E-state index contributed by atoms with van der Waals surface area (Å²) in [5.74, 6) is 0. The molecule has 4 nitrogen and oxygen atoms in total. The van der Waals surface area contributed by atoms with Crippen LogP contribution in [-0.2, 0) is 0 Å². The second-order valence-corrected chi connectivity index (χ2v) is 2.75. The second kappa shape index (κ2) is 2.84. The molecule has 0 aromatic rings. The maximum absolute atomic E-state index is 8.95. The molecule has 60 valence electrons. The van der Waals surface area contributed by atoms with Crippen molar-refractivity contribution < 1.29 is 20.4 Å². The Bertz CT molecular complexity index is 104. The molecule has 0 saturated heterocycles. The third kappa shape index (κ3) is 1.46. The van der Waals surface area contributed by atoms with Crippen molar-refractivity contribution in [3.63, 3.8) is 0 Å². The Hall–Kier alpha value is -0.160. The van der Waals surface area contributed by atoms with Gasteiger partial charge in [-0.1, -0.05) is 0 Å². The van der Waals surface area contributed by atoms with Gasteiger partial charge in [0.1, 0.15) is 6.10 Å². The quantitative estimate of drug-likeness (QED) is 0.327. The molecule has 0 radical (unpaired) electrons. The van der Waals surface area contributed by atoms with Crippen LogP contribution < -0.4 is 0 Å². The smallest absolute Gasteiger partial charge is 0.106 e. The van der Waals surface area contributed by atoms with Gasteiger partial charge in [-0.2, -0.15) is 0 Å². The molecule has 1 saturated carbocycles. The molecule has 1 aliphatic rings. The van der Waals surface area contributed by atoms with Gasteiger partial charge >= 0.3 is 0 Å². The number of aliphatic hydroxyl groups is 4. The fraction of sp³-hybridized carbons (Fsp3) is 1.00. The van der Waals surface area contributed by atoms with Crippen molar-refractivity contribution in [2.24, 2.45) is 0 Å². The largest absolute Gasteiger partial charge is 0.393 e. The van der Waals surface area contributed by atoms with Crippen LogP contribution in [0.5, 0.6) is 0 Å². The highest BCUT2D eigenvalue weighted by Gasteiger charge is 2.33. The summed E-state index contributed by atoms with van der Waals surface area (Å²) in [4.78, 5) is 0. The van der Waals surface area contributed by atoms with Crippen molar-refractivity contribution in [3.05, 3.63) is 0 Å². The van der Waals surface area contributed by atoms with Gasteiger partial charge in [0, 0.05) is 12.8 Å². The number of hydrogen-bond donors (Lipinski definition) is 4. The highest BCUT2D eigenvalue weighted by molar-refractivity contribution is 4.85. The molecule has 0 aliphatic heterocycles. The maximum atomic E-state index is 8.95. The maximum Gasteiger partial charge on any atom is 0.106 e. The zero-order valence-corrected chi connectivity index (χ0v) is 5.51. The molecule has 1 rings (SSSR count). The van der Waals surface area contributed by atoms with Crippen LogP contribution in [0.4, 0.5) is 0 Å². The number of hydrogen-bond acceptors (Lipinski definition) is 4. The molecule has 1 aliphatic carbocycles. The molecule has 0 bridgehead atoms. The summed E-state index contributed by atoms with van der Waals surface area (Å²) in [5, 5.41) is 35.8. The molecule has 1 fully saturated rings. The fourth-order valence-corrected chi connectivity index (χ4v) is 1.19. The Labute approximate surface area is 58.7 Å². The highest BCUT2D eigenvalue weighted by atomic mass is 16.4. The van der Waals surface area contributed by atoms with E-state index in [4.69, 9.17) is 20.4 Å². The van der Waals surface area contributed by atoms with E-state index in [1.807, 2.05) is 0 Å². The SMILES string of the molecule is O[C@H]1C[C@@H](O)[C@H](O)[C@@H](O)C1. The molecule has 4 heteroatoms. The first-order valence-electron chi connectivity index (χ1n) is 3.33. The van der Waals surface area contributed by atoms with E-state index in [1.165, 1.54) is 0 Å². The monoisotopic (exact) mass is 148 g/mol. The molecular weight excluding hydrogens is 136 g/mol. The van der Waals surface area contributed by atoms with Gasteiger partial charge in [0.15, 0.2) is 0 Å². The summed E-state index contributed by atoms with van der Waals surface area (Å²) in [6.45, 7) is 0. The Morgan fingerprint density at radius 1 is 0.800 bits per heavy atom. The normalized spacial score (nSPS) is 49.2. The zero-order chi connectivity index (χ0) is 7.72. The van der Waals surface area contributed by atoms with E-state index >= 15 is 0 Å². The topological polar surface area (TPSA) is 80.9 Å². The Balaban J connectivity index is 2.49. The van der Waals surface area contributed by atoms with Crippen LogP contribution in [0.25, 0.3) is 0 Å². The van der Waals surface area contributed by atoms with Gasteiger partial charge in [-0.3, -0.25) is 0 Å². The molecular formula is C6H12O4. The summed E-state index contributed by atoms with van der Waals surface area (Å²) in [7, 11) is 0. The molecule has 0 amide bonds. The summed E-state index contributed by atoms with van der Waals surface area (Å²) in [6.07, 6.45) is -3.45. The highest BCUT2D eigenvalue weighted by Crippen LogP contribution is 2.19. The average molecular weight is 148 g/mol.